The second-order valence-corrected chi connectivity index (χ2v) is 7.59. The number of nitrogens with one attached hydrogen (secondary N) is 1. The molecular formula is C18H31BrN2. The van der Waals surface area contributed by atoms with E-state index in [-0.39, 0.29) is 0 Å². The van der Waals surface area contributed by atoms with Crippen molar-refractivity contribution in [3.05, 3.63) is 28.5 Å². The SMILES string of the molecule is CCCCC(CC)(CNCC(C)C)Cc1cncc(Br)c1. The minimum absolute atomic E-state index is 0.355. The predicted octanol–water partition coefficient (Wildman–Crippen LogP) is 5.22. The van der Waals surface area contributed by atoms with Gasteiger partial charge in [0.1, 0.15) is 0 Å². The molecule has 0 aliphatic carbocycles. The van der Waals surface area contributed by atoms with Gasteiger partial charge in [-0.15, -0.1) is 0 Å². The van der Waals surface area contributed by atoms with Crippen molar-refractivity contribution < 1.29 is 0 Å². The molecule has 0 bridgehead atoms. The van der Waals surface area contributed by atoms with Crippen LogP contribution in [-0.4, -0.2) is 18.1 Å². The Morgan fingerprint density at radius 3 is 2.62 bits per heavy atom. The highest BCUT2D eigenvalue weighted by Gasteiger charge is 2.27. The fourth-order valence-corrected chi connectivity index (χ4v) is 3.24. The van der Waals surface area contributed by atoms with Gasteiger partial charge in [-0.05, 0) is 64.7 Å². The molecule has 21 heavy (non-hydrogen) atoms. The van der Waals surface area contributed by atoms with Crippen LogP contribution in [0.3, 0.4) is 0 Å². The molecule has 2 nitrogen and oxygen atoms in total. The van der Waals surface area contributed by atoms with Crippen LogP contribution in [0.4, 0.5) is 0 Å². The molecule has 1 heterocycles. The Bertz CT molecular complexity index is 406. The highest BCUT2D eigenvalue weighted by Crippen LogP contribution is 2.33. The van der Waals surface area contributed by atoms with Gasteiger partial charge in [-0.2, -0.15) is 0 Å². The molecule has 0 fully saturated rings. The van der Waals surface area contributed by atoms with Gasteiger partial charge in [0.25, 0.3) is 0 Å². The Morgan fingerprint density at radius 2 is 2.05 bits per heavy atom. The van der Waals surface area contributed by atoms with Crippen LogP contribution in [0.15, 0.2) is 22.9 Å². The number of hydrogen-bond donors (Lipinski definition) is 1. The molecule has 0 amide bonds. The van der Waals surface area contributed by atoms with Gasteiger partial charge in [-0.3, -0.25) is 4.98 Å². The zero-order valence-electron chi connectivity index (χ0n) is 14.1. The van der Waals surface area contributed by atoms with Gasteiger partial charge in [-0.25, -0.2) is 0 Å². The molecule has 1 N–H and O–H groups in total. The number of unbranched alkanes of at least 4 members (excludes halogenated alkanes) is 1. The topological polar surface area (TPSA) is 24.9 Å². The van der Waals surface area contributed by atoms with E-state index in [2.05, 4.69) is 60.0 Å². The lowest BCUT2D eigenvalue weighted by molar-refractivity contribution is 0.226. The van der Waals surface area contributed by atoms with Crippen molar-refractivity contribution in [1.82, 2.24) is 10.3 Å². The summed E-state index contributed by atoms with van der Waals surface area (Å²) in [7, 11) is 0. The second kappa shape index (κ2) is 9.58. The summed E-state index contributed by atoms with van der Waals surface area (Å²) in [6.07, 6.45) is 10.1. The van der Waals surface area contributed by atoms with Crippen molar-refractivity contribution in [2.75, 3.05) is 13.1 Å². The lowest BCUT2D eigenvalue weighted by Crippen LogP contribution is -2.37. The number of nitrogens with zero attached hydrogens (tertiary/aromatic N) is 1. The van der Waals surface area contributed by atoms with Gasteiger partial charge in [0.2, 0.25) is 0 Å². The minimum Gasteiger partial charge on any atom is -0.316 e. The van der Waals surface area contributed by atoms with Crippen LogP contribution in [0.5, 0.6) is 0 Å². The fourth-order valence-electron chi connectivity index (χ4n) is 2.83. The summed E-state index contributed by atoms with van der Waals surface area (Å²) < 4.78 is 1.08. The molecule has 1 rings (SSSR count). The molecule has 0 spiro atoms. The van der Waals surface area contributed by atoms with Crippen LogP contribution >= 0.6 is 15.9 Å². The largest absolute Gasteiger partial charge is 0.316 e. The Labute approximate surface area is 139 Å². The molecule has 1 unspecified atom stereocenters. The first-order chi connectivity index (χ1) is 10.0. The van der Waals surface area contributed by atoms with Crippen LogP contribution in [-0.2, 0) is 6.42 Å². The third-order valence-corrected chi connectivity index (χ3v) is 4.64. The first-order valence-electron chi connectivity index (χ1n) is 8.31. The van der Waals surface area contributed by atoms with E-state index < -0.39 is 0 Å². The molecule has 120 valence electrons. The first kappa shape index (κ1) is 18.6. The van der Waals surface area contributed by atoms with Gasteiger partial charge < -0.3 is 5.32 Å². The van der Waals surface area contributed by atoms with Crippen LogP contribution in [0, 0.1) is 11.3 Å². The Balaban J connectivity index is 2.78. The van der Waals surface area contributed by atoms with Gasteiger partial charge in [0, 0.05) is 23.4 Å². The zero-order chi connectivity index (χ0) is 15.7. The van der Waals surface area contributed by atoms with Crippen molar-refractivity contribution in [2.24, 2.45) is 11.3 Å². The van der Waals surface area contributed by atoms with Gasteiger partial charge >= 0.3 is 0 Å². The van der Waals surface area contributed by atoms with E-state index in [4.69, 9.17) is 0 Å². The van der Waals surface area contributed by atoms with Crippen molar-refractivity contribution in [3.8, 4) is 0 Å². The van der Waals surface area contributed by atoms with Gasteiger partial charge in [0.05, 0.1) is 0 Å². The van der Waals surface area contributed by atoms with E-state index in [1.165, 1.54) is 31.2 Å². The van der Waals surface area contributed by atoms with E-state index in [1.54, 1.807) is 0 Å². The molecule has 0 radical (unpaired) electrons. The van der Waals surface area contributed by atoms with E-state index in [0.29, 0.717) is 11.3 Å². The molecule has 0 aromatic carbocycles. The average molecular weight is 355 g/mol. The molecular weight excluding hydrogens is 324 g/mol. The number of aromatic nitrogens is 1. The van der Waals surface area contributed by atoms with Crippen molar-refractivity contribution in [2.45, 2.75) is 59.8 Å². The summed E-state index contributed by atoms with van der Waals surface area (Å²) in [5, 5.41) is 3.69. The number of halogens is 1. The second-order valence-electron chi connectivity index (χ2n) is 6.67. The molecule has 0 saturated heterocycles. The monoisotopic (exact) mass is 354 g/mol. The van der Waals surface area contributed by atoms with Crippen LogP contribution in [0.25, 0.3) is 0 Å². The molecule has 1 aromatic heterocycles. The van der Waals surface area contributed by atoms with Crippen molar-refractivity contribution in [1.29, 1.82) is 0 Å². The van der Waals surface area contributed by atoms with E-state index >= 15 is 0 Å². The summed E-state index contributed by atoms with van der Waals surface area (Å²) in [5.74, 6) is 0.707. The molecule has 3 heteroatoms. The quantitative estimate of drug-likeness (QED) is 0.622. The van der Waals surface area contributed by atoms with Gasteiger partial charge in [-0.1, -0.05) is 40.5 Å². The first-order valence-corrected chi connectivity index (χ1v) is 9.11. The zero-order valence-corrected chi connectivity index (χ0v) is 15.7. The van der Waals surface area contributed by atoms with E-state index in [1.807, 2.05) is 12.4 Å². The number of hydrogen-bond acceptors (Lipinski definition) is 2. The van der Waals surface area contributed by atoms with Crippen molar-refractivity contribution >= 4 is 15.9 Å². The number of rotatable bonds is 10. The summed E-state index contributed by atoms with van der Waals surface area (Å²) in [4.78, 5) is 4.32. The van der Waals surface area contributed by atoms with Crippen LogP contribution in [0.2, 0.25) is 0 Å². The predicted molar refractivity (Wildman–Crippen MR) is 95.6 cm³/mol. The molecule has 0 saturated carbocycles. The van der Waals surface area contributed by atoms with Gasteiger partial charge in [0.15, 0.2) is 0 Å². The maximum Gasteiger partial charge on any atom is 0.0410 e. The fraction of sp³-hybridized carbons (Fsp3) is 0.722. The summed E-state index contributed by atoms with van der Waals surface area (Å²) in [6, 6.07) is 2.21. The Kier molecular flexibility index (Phi) is 8.50. The normalized spacial score (nSPS) is 14.4. The highest BCUT2D eigenvalue weighted by atomic mass is 79.9. The van der Waals surface area contributed by atoms with Crippen molar-refractivity contribution in [3.63, 3.8) is 0 Å². The smallest absolute Gasteiger partial charge is 0.0410 e. The minimum atomic E-state index is 0.355. The maximum absolute atomic E-state index is 4.32. The molecule has 1 aromatic rings. The van der Waals surface area contributed by atoms with E-state index in [0.717, 1.165) is 24.0 Å². The third kappa shape index (κ3) is 6.92. The lowest BCUT2D eigenvalue weighted by Gasteiger charge is -2.34. The molecule has 0 aliphatic heterocycles. The highest BCUT2D eigenvalue weighted by molar-refractivity contribution is 9.10. The third-order valence-electron chi connectivity index (χ3n) is 4.20. The number of pyridine rings is 1. The lowest BCUT2D eigenvalue weighted by atomic mass is 9.75. The molecule has 1 atom stereocenters. The average Bonchev–Trinajstić information content (AvgIpc) is 2.44. The standard InChI is InChI=1S/C18H31BrN2/c1-5-7-8-18(6-2,14-21-11-15(3)4)10-16-9-17(19)13-20-12-16/h9,12-13,15,21H,5-8,10-11,14H2,1-4H3. The maximum atomic E-state index is 4.32. The van der Waals surface area contributed by atoms with Crippen LogP contribution < -0.4 is 5.32 Å². The van der Waals surface area contributed by atoms with Crippen LogP contribution in [0.1, 0.15) is 58.9 Å². The molecule has 0 aliphatic rings. The summed E-state index contributed by atoms with van der Waals surface area (Å²) in [5.41, 5.74) is 1.70. The summed E-state index contributed by atoms with van der Waals surface area (Å²) >= 11 is 3.54. The van der Waals surface area contributed by atoms with E-state index in [9.17, 15) is 0 Å². The Hall–Kier alpha value is -0.410. The Morgan fingerprint density at radius 1 is 1.29 bits per heavy atom. The summed E-state index contributed by atoms with van der Waals surface area (Å²) in [6.45, 7) is 11.4.